The highest BCUT2D eigenvalue weighted by Crippen LogP contribution is 2.28. The molecule has 1 aliphatic rings. The predicted molar refractivity (Wildman–Crippen MR) is 119 cm³/mol. The predicted octanol–water partition coefficient (Wildman–Crippen LogP) is 3.04. The first-order chi connectivity index (χ1) is 15.0. The van der Waals surface area contributed by atoms with Crippen molar-refractivity contribution in [2.45, 2.75) is 19.4 Å². The van der Waals surface area contributed by atoms with Crippen LogP contribution in [0.2, 0.25) is 0 Å². The topological polar surface area (TPSA) is 82.3 Å². The van der Waals surface area contributed by atoms with E-state index in [-0.39, 0.29) is 6.61 Å². The fraction of sp³-hybridized carbons (Fsp3) is 0.333. The molecule has 0 N–H and O–H groups in total. The van der Waals surface area contributed by atoms with Gasteiger partial charge < -0.3 is 14.5 Å². The van der Waals surface area contributed by atoms with Crippen molar-refractivity contribution in [3.05, 3.63) is 65.4 Å². The van der Waals surface area contributed by atoms with Crippen molar-refractivity contribution in [1.82, 2.24) is 14.9 Å². The molecule has 1 saturated heterocycles. The van der Waals surface area contributed by atoms with Gasteiger partial charge in [0.2, 0.25) is 0 Å². The number of carbonyl (C=O) groups is 1. The van der Waals surface area contributed by atoms with Crippen LogP contribution in [0, 0.1) is 18.3 Å². The van der Waals surface area contributed by atoms with E-state index >= 15 is 0 Å². The molecule has 1 atom stereocenters. The summed E-state index contributed by atoms with van der Waals surface area (Å²) in [5, 5.41) is 9.88. The maximum absolute atomic E-state index is 12.9. The van der Waals surface area contributed by atoms with E-state index < -0.39 is 11.9 Å². The Balaban J connectivity index is 1.64. The number of piperazine rings is 1. The van der Waals surface area contributed by atoms with E-state index in [4.69, 9.17) is 9.72 Å². The number of fused-ring (bicyclic) bond motifs is 1. The summed E-state index contributed by atoms with van der Waals surface area (Å²) in [6.45, 7) is 5.38. The van der Waals surface area contributed by atoms with Crippen molar-refractivity contribution >= 4 is 22.8 Å². The number of hydrogen-bond donors (Lipinski definition) is 0. The number of ether oxygens (including phenoxy) is 1. The van der Waals surface area contributed by atoms with Crippen molar-refractivity contribution in [1.29, 1.82) is 5.26 Å². The number of aromatic nitrogens is 2. The van der Waals surface area contributed by atoms with E-state index in [1.165, 1.54) is 0 Å². The molecule has 0 aliphatic carbocycles. The Morgan fingerprint density at radius 1 is 1.06 bits per heavy atom. The number of nitrogens with zero attached hydrogens (tertiary/aromatic N) is 5. The van der Waals surface area contributed by atoms with Gasteiger partial charge in [0.15, 0.2) is 11.7 Å². The summed E-state index contributed by atoms with van der Waals surface area (Å²) in [6, 6.07) is 17.4. The molecule has 0 radical (unpaired) electrons. The number of benzene rings is 2. The first-order valence-corrected chi connectivity index (χ1v) is 10.4. The fourth-order valence-electron chi connectivity index (χ4n) is 3.60. The van der Waals surface area contributed by atoms with Gasteiger partial charge in [-0.1, -0.05) is 42.0 Å². The van der Waals surface area contributed by atoms with Crippen LogP contribution in [0.1, 0.15) is 22.7 Å². The zero-order valence-electron chi connectivity index (χ0n) is 17.8. The monoisotopic (exact) mass is 415 g/mol. The summed E-state index contributed by atoms with van der Waals surface area (Å²) < 4.78 is 5.49. The summed E-state index contributed by atoms with van der Waals surface area (Å²) in [5.41, 5.74) is 3.76. The Hall–Kier alpha value is -3.50. The van der Waals surface area contributed by atoms with Gasteiger partial charge in [0, 0.05) is 26.2 Å². The van der Waals surface area contributed by atoms with Crippen molar-refractivity contribution in [2.24, 2.45) is 0 Å². The molecule has 158 valence electrons. The van der Waals surface area contributed by atoms with Crippen LogP contribution in [0.5, 0.6) is 0 Å². The number of aryl methyl sites for hydroxylation is 1. The second-order valence-electron chi connectivity index (χ2n) is 7.87. The van der Waals surface area contributed by atoms with Crippen molar-refractivity contribution in [2.75, 3.05) is 38.1 Å². The Morgan fingerprint density at radius 2 is 1.71 bits per heavy atom. The molecule has 0 saturated carbocycles. The van der Waals surface area contributed by atoms with Gasteiger partial charge in [0.1, 0.15) is 12.3 Å². The average Bonchev–Trinajstić information content (AvgIpc) is 2.79. The van der Waals surface area contributed by atoms with Gasteiger partial charge in [-0.2, -0.15) is 5.26 Å². The molecule has 0 spiro atoms. The van der Waals surface area contributed by atoms with Gasteiger partial charge >= 0.3 is 5.97 Å². The van der Waals surface area contributed by atoms with Crippen molar-refractivity contribution in [3.63, 3.8) is 0 Å². The lowest BCUT2D eigenvalue weighted by Crippen LogP contribution is -2.45. The lowest BCUT2D eigenvalue weighted by molar-refractivity contribution is -0.145. The van der Waals surface area contributed by atoms with Crippen molar-refractivity contribution in [3.8, 4) is 6.07 Å². The minimum Gasteiger partial charge on any atom is -0.460 e. The molecular formula is C24H25N5O2. The Labute approximate surface area is 181 Å². The number of nitriles is 1. The Bertz CT molecular complexity index is 1120. The molecule has 7 nitrogen and oxygen atoms in total. The molecule has 0 amide bonds. The third kappa shape index (κ3) is 4.65. The molecule has 1 aliphatic heterocycles. The molecule has 3 aromatic rings. The molecule has 4 rings (SSSR count). The molecule has 31 heavy (non-hydrogen) atoms. The number of para-hydroxylation sites is 2. The third-order valence-corrected chi connectivity index (χ3v) is 5.52. The average molecular weight is 415 g/mol. The summed E-state index contributed by atoms with van der Waals surface area (Å²) in [5.74, 6) is -1.16. The molecule has 1 aromatic heterocycles. The van der Waals surface area contributed by atoms with Gasteiger partial charge in [-0.05, 0) is 31.7 Å². The van der Waals surface area contributed by atoms with Crippen molar-refractivity contribution < 1.29 is 9.53 Å². The SMILES string of the molecule is Cc1ccc(COC(=O)C(C#N)c2nc3ccccc3nc2N2CCN(C)CC2)cc1. The number of likely N-dealkylation sites (N-methyl/N-ethyl adjacent to an activating group) is 1. The maximum atomic E-state index is 12.9. The molecule has 2 heterocycles. The number of anilines is 1. The van der Waals surface area contributed by atoms with E-state index in [1.807, 2.05) is 55.5 Å². The minimum absolute atomic E-state index is 0.113. The molecule has 1 unspecified atom stereocenters. The summed E-state index contributed by atoms with van der Waals surface area (Å²) in [6.07, 6.45) is 0. The zero-order chi connectivity index (χ0) is 21.8. The van der Waals surface area contributed by atoms with E-state index in [0.29, 0.717) is 17.0 Å². The Morgan fingerprint density at radius 3 is 2.35 bits per heavy atom. The minimum atomic E-state index is -1.14. The molecular weight excluding hydrogens is 390 g/mol. The van der Waals surface area contributed by atoms with Gasteiger partial charge in [-0.25, -0.2) is 9.97 Å². The summed E-state index contributed by atoms with van der Waals surface area (Å²) >= 11 is 0. The number of carbonyl (C=O) groups excluding carboxylic acids is 1. The van der Waals surface area contributed by atoms with E-state index in [2.05, 4.69) is 27.9 Å². The molecule has 7 heteroatoms. The second-order valence-corrected chi connectivity index (χ2v) is 7.87. The lowest BCUT2D eigenvalue weighted by Gasteiger charge is -2.34. The highest BCUT2D eigenvalue weighted by Gasteiger charge is 2.31. The van der Waals surface area contributed by atoms with Crippen LogP contribution in [0.15, 0.2) is 48.5 Å². The number of esters is 1. The molecule has 1 fully saturated rings. The summed E-state index contributed by atoms with van der Waals surface area (Å²) in [7, 11) is 2.07. The number of rotatable bonds is 5. The smallest absolute Gasteiger partial charge is 0.330 e. The highest BCUT2D eigenvalue weighted by atomic mass is 16.5. The van der Waals surface area contributed by atoms with Gasteiger partial charge in [-0.15, -0.1) is 0 Å². The van der Waals surface area contributed by atoms with E-state index in [0.717, 1.165) is 42.8 Å². The lowest BCUT2D eigenvalue weighted by atomic mass is 10.1. The standard InChI is InChI=1S/C24H25N5O2/c1-17-7-9-18(10-8-17)16-31-24(30)19(15-25)22-23(29-13-11-28(2)12-14-29)27-21-6-4-3-5-20(21)26-22/h3-10,19H,11-14,16H2,1-2H3. The van der Waals surface area contributed by atoms with Crippen LogP contribution < -0.4 is 4.90 Å². The highest BCUT2D eigenvalue weighted by molar-refractivity contribution is 5.85. The van der Waals surface area contributed by atoms with Crippen LogP contribution in [0.25, 0.3) is 11.0 Å². The van der Waals surface area contributed by atoms with Gasteiger partial charge in [0.05, 0.1) is 17.1 Å². The van der Waals surface area contributed by atoms with Gasteiger partial charge in [0.25, 0.3) is 0 Å². The molecule has 0 bridgehead atoms. The zero-order valence-corrected chi connectivity index (χ0v) is 17.8. The van der Waals surface area contributed by atoms with Gasteiger partial charge in [-0.3, -0.25) is 4.79 Å². The van der Waals surface area contributed by atoms with E-state index in [9.17, 15) is 10.1 Å². The van der Waals surface area contributed by atoms with Crippen LogP contribution in [0.4, 0.5) is 5.82 Å². The van der Waals surface area contributed by atoms with E-state index in [1.54, 1.807) is 0 Å². The molecule has 2 aromatic carbocycles. The van der Waals surface area contributed by atoms with Crippen LogP contribution in [-0.2, 0) is 16.1 Å². The first kappa shape index (κ1) is 20.8. The quantitative estimate of drug-likeness (QED) is 0.592. The second kappa shape index (κ2) is 9.11. The normalized spacial score (nSPS) is 15.5. The van der Waals surface area contributed by atoms with Crippen LogP contribution in [0.3, 0.4) is 0 Å². The number of hydrogen-bond acceptors (Lipinski definition) is 7. The first-order valence-electron chi connectivity index (χ1n) is 10.4. The summed E-state index contributed by atoms with van der Waals surface area (Å²) in [4.78, 5) is 26.7. The maximum Gasteiger partial charge on any atom is 0.330 e. The third-order valence-electron chi connectivity index (χ3n) is 5.52. The fourth-order valence-corrected chi connectivity index (χ4v) is 3.60. The van der Waals surface area contributed by atoms with Crippen LogP contribution >= 0.6 is 0 Å². The van der Waals surface area contributed by atoms with Crippen LogP contribution in [-0.4, -0.2) is 54.1 Å². The largest absolute Gasteiger partial charge is 0.460 e. The Kier molecular flexibility index (Phi) is 6.10.